The van der Waals surface area contributed by atoms with Crippen molar-refractivity contribution >= 4 is 0 Å². The van der Waals surface area contributed by atoms with Crippen LogP contribution in [-0.4, -0.2) is 5.11 Å². The maximum atomic E-state index is 10.1. The first-order valence-electron chi connectivity index (χ1n) is 6.87. The van der Waals surface area contributed by atoms with E-state index in [2.05, 4.69) is 25.1 Å². The van der Waals surface area contributed by atoms with Gasteiger partial charge in [-0.25, -0.2) is 0 Å². The van der Waals surface area contributed by atoms with E-state index in [1.54, 1.807) is 13.8 Å². The minimum Gasteiger partial charge on any atom is -0.489 e. The lowest BCUT2D eigenvalue weighted by Crippen LogP contribution is -2.15. The standard InChI is InChI=1S/C18H22O2/c1-13-6-5-7-15(8-13)12-20-17-10-14(2)9-16(11-17)18(3,4)19/h5-11,19H,12H2,1-4H3. The van der Waals surface area contributed by atoms with Gasteiger partial charge in [-0.05, 0) is 56.5 Å². The molecule has 20 heavy (non-hydrogen) atoms. The van der Waals surface area contributed by atoms with Gasteiger partial charge in [-0.3, -0.25) is 0 Å². The molecular weight excluding hydrogens is 248 g/mol. The molecule has 0 aliphatic rings. The molecule has 0 atom stereocenters. The zero-order valence-corrected chi connectivity index (χ0v) is 12.6. The van der Waals surface area contributed by atoms with Gasteiger partial charge in [-0.15, -0.1) is 0 Å². The van der Waals surface area contributed by atoms with Gasteiger partial charge >= 0.3 is 0 Å². The third-order valence-corrected chi connectivity index (χ3v) is 3.25. The van der Waals surface area contributed by atoms with Gasteiger partial charge in [0.15, 0.2) is 0 Å². The van der Waals surface area contributed by atoms with E-state index in [0.29, 0.717) is 6.61 Å². The van der Waals surface area contributed by atoms with E-state index in [-0.39, 0.29) is 0 Å². The summed E-state index contributed by atoms with van der Waals surface area (Å²) in [6.45, 7) is 8.19. The molecule has 0 spiro atoms. The van der Waals surface area contributed by atoms with Gasteiger partial charge < -0.3 is 9.84 Å². The summed E-state index contributed by atoms with van der Waals surface area (Å²) < 4.78 is 5.85. The topological polar surface area (TPSA) is 29.5 Å². The number of aliphatic hydroxyl groups is 1. The maximum absolute atomic E-state index is 10.1. The minimum atomic E-state index is -0.854. The fourth-order valence-electron chi connectivity index (χ4n) is 2.15. The summed E-state index contributed by atoms with van der Waals surface area (Å²) in [6, 6.07) is 14.2. The van der Waals surface area contributed by atoms with Gasteiger partial charge in [-0.2, -0.15) is 0 Å². The first kappa shape index (κ1) is 14.6. The summed E-state index contributed by atoms with van der Waals surface area (Å²) in [5.41, 5.74) is 3.48. The van der Waals surface area contributed by atoms with Crippen LogP contribution in [0.1, 0.15) is 36.1 Å². The predicted molar refractivity (Wildman–Crippen MR) is 81.9 cm³/mol. The highest BCUT2D eigenvalue weighted by atomic mass is 16.5. The number of aryl methyl sites for hydroxylation is 2. The van der Waals surface area contributed by atoms with Crippen molar-refractivity contribution in [3.8, 4) is 5.75 Å². The average Bonchev–Trinajstić information content (AvgIpc) is 2.35. The van der Waals surface area contributed by atoms with E-state index in [0.717, 1.165) is 22.4 Å². The van der Waals surface area contributed by atoms with Crippen LogP contribution in [0.15, 0.2) is 42.5 Å². The minimum absolute atomic E-state index is 0.538. The fraction of sp³-hybridized carbons (Fsp3) is 0.333. The molecule has 2 aromatic carbocycles. The Bertz CT molecular complexity index is 595. The van der Waals surface area contributed by atoms with Gasteiger partial charge in [0.1, 0.15) is 12.4 Å². The number of rotatable bonds is 4. The Morgan fingerprint density at radius 2 is 1.75 bits per heavy atom. The monoisotopic (exact) mass is 270 g/mol. The molecule has 0 saturated heterocycles. The van der Waals surface area contributed by atoms with Crippen LogP contribution in [0.25, 0.3) is 0 Å². The Morgan fingerprint density at radius 3 is 2.40 bits per heavy atom. The molecule has 2 rings (SSSR count). The van der Waals surface area contributed by atoms with Crippen LogP contribution in [0.2, 0.25) is 0 Å². The van der Waals surface area contributed by atoms with E-state index in [4.69, 9.17) is 4.74 Å². The summed E-state index contributed by atoms with van der Waals surface area (Å²) in [6.07, 6.45) is 0. The van der Waals surface area contributed by atoms with Crippen molar-refractivity contribution in [3.05, 3.63) is 64.7 Å². The van der Waals surface area contributed by atoms with Crippen molar-refractivity contribution in [3.63, 3.8) is 0 Å². The molecule has 106 valence electrons. The van der Waals surface area contributed by atoms with Gasteiger partial charge in [0.05, 0.1) is 5.60 Å². The molecule has 0 unspecified atom stereocenters. The van der Waals surface area contributed by atoms with Crippen LogP contribution in [0.4, 0.5) is 0 Å². The van der Waals surface area contributed by atoms with E-state index in [9.17, 15) is 5.11 Å². The summed E-state index contributed by atoms with van der Waals surface area (Å²) in [7, 11) is 0. The highest BCUT2D eigenvalue weighted by Crippen LogP contribution is 2.26. The summed E-state index contributed by atoms with van der Waals surface area (Å²) in [4.78, 5) is 0. The lowest BCUT2D eigenvalue weighted by atomic mass is 9.96. The van der Waals surface area contributed by atoms with Crippen LogP contribution in [0, 0.1) is 13.8 Å². The van der Waals surface area contributed by atoms with Gasteiger partial charge in [-0.1, -0.05) is 35.9 Å². The van der Waals surface area contributed by atoms with Crippen molar-refractivity contribution in [2.75, 3.05) is 0 Å². The highest BCUT2D eigenvalue weighted by molar-refractivity contribution is 5.36. The second kappa shape index (κ2) is 5.68. The Morgan fingerprint density at radius 1 is 1.00 bits per heavy atom. The first-order valence-corrected chi connectivity index (χ1v) is 6.87. The molecule has 0 aromatic heterocycles. The molecule has 0 saturated carbocycles. The molecule has 2 heteroatoms. The van der Waals surface area contributed by atoms with Crippen LogP contribution in [0.5, 0.6) is 5.75 Å². The molecule has 2 aromatic rings. The predicted octanol–water partition coefficient (Wildman–Crippen LogP) is 4.11. The number of hydrogen-bond acceptors (Lipinski definition) is 2. The van der Waals surface area contributed by atoms with Crippen molar-refractivity contribution in [1.29, 1.82) is 0 Å². The summed E-state index contributed by atoms with van der Waals surface area (Å²) in [5.74, 6) is 0.795. The van der Waals surface area contributed by atoms with Crippen LogP contribution >= 0.6 is 0 Å². The van der Waals surface area contributed by atoms with Crippen LogP contribution in [-0.2, 0) is 12.2 Å². The molecular formula is C18H22O2. The van der Waals surface area contributed by atoms with Crippen LogP contribution in [0.3, 0.4) is 0 Å². The third kappa shape index (κ3) is 3.84. The second-order valence-corrected chi connectivity index (χ2v) is 5.87. The number of hydrogen-bond donors (Lipinski definition) is 1. The molecule has 0 amide bonds. The van der Waals surface area contributed by atoms with Gasteiger partial charge in [0.25, 0.3) is 0 Å². The normalized spacial score (nSPS) is 11.4. The van der Waals surface area contributed by atoms with E-state index < -0.39 is 5.60 Å². The fourth-order valence-corrected chi connectivity index (χ4v) is 2.15. The Balaban J connectivity index is 2.16. The van der Waals surface area contributed by atoms with Crippen LogP contribution < -0.4 is 4.74 Å². The van der Waals surface area contributed by atoms with E-state index in [1.165, 1.54) is 5.56 Å². The summed E-state index contributed by atoms with van der Waals surface area (Å²) >= 11 is 0. The smallest absolute Gasteiger partial charge is 0.120 e. The second-order valence-electron chi connectivity index (χ2n) is 5.87. The summed E-state index contributed by atoms with van der Waals surface area (Å²) in [5, 5.41) is 10.1. The first-order chi connectivity index (χ1) is 9.34. The quantitative estimate of drug-likeness (QED) is 0.906. The molecule has 1 N–H and O–H groups in total. The molecule has 0 aliphatic heterocycles. The molecule has 0 radical (unpaired) electrons. The van der Waals surface area contributed by atoms with Crippen molar-refractivity contribution in [1.82, 2.24) is 0 Å². The van der Waals surface area contributed by atoms with Gasteiger partial charge in [0, 0.05) is 0 Å². The lowest BCUT2D eigenvalue weighted by Gasteiger charge is -2.19. The third-order valence-electron chi connectivity index (χ3n) is 3.25. The SMILES string of the molecule is Cc1cccc(COc2cc(C)cc(C(C)(C)O)c2)c1. The zero-order chi connectivity index (χ0) is 14.8. The number of benzene rings is 2. The highest BCUT2D eigenvalue weighted by Gasteiger charge is 2.17. The number of ether oxygens (including phenoxy) is 1. The van der Waals surface area contributed by atoms with Gasteiger partial charge in [0.2, 0.25) is 0 Å². The van der Waals surface area contributed by atoms with E-state index >= 15 is 0 Å². The molecule has 0 heterocycles. The lowest BCUT2D eigenvalue weighted by molar-refractivity contribution is 0.0781. The van der Waals surface area contributed by atoms with Crippen molar-refractivity contribution in [2.45, 2.75) is 39.9 Å². The van der Waals surface area contributed by atoms with Crippen molar-refractivity contribution < 1.29 is 9.84 Å². The average molecular weight is 270 g/mol. The zero-order valence-electron chi connectivity index (χ0n) is 12.6. The molecule has 0 bridgehead atoms. The van der Waals surface area contributed by atoms with E-state index in [1.807, 2.05) is 31.2 Å². The largest absolute Gasteiger partial charge is 0.489 e. The molecule has 2 nitrogen and oxygen atoms in total. The Hall–Kier alpha value is -1.80. The molecule has 0 fully saturated rings. The Labute approximate surface area is 121 Å². The maximum Gasteiger partial charge on any atom is 0.120 e. The molecule has 0 aliphatic carbocycles. The van der Waals surface area contributed by atoms with Crippen molar-refractivity contribution in [2.24, 2.45) is 0 Å². The Kier molecular flexibility index (Phi) is 4.15.